The van der Waals surface area contributed by atoms with E-state index in [0.717, 1.165) is 45.2 Å². The lowest BCUT2D eigenvalue weighted by molar-refractivity contribution is 0.0383. The van der Waals surface area contributed by atoms with Crippen LogP contribution in [0.2, 0.25) is 0 Å². The van der Waals surface area contributed by atoms with E-state index in [9.17, 15) is 4.79 Å². The Kier molecular flexibility index (Phi) is 7.39. The first-order valence-corrected chi connectivity index (χ1v) is 9.98. The number of anilines is 1. The van der Waals surface area contributed by atoms with E-state index in [1.54, 1.807) is 12.3 Å². The summed E-state index contributed by atoms with van der Waals surface area (Å²) in [6.45, 7) is 9.92. The molecule has 2 heterocycles. The van der Waals surface area contributed by atoms with Crippen molar-refractivity contribution in [1.82, 2.24) is 15.2 Å². The summed E-state index contributed by atoms with van der Waals surface area (Å²) >= 11 is 0. The number of carbonyl (C=O) groups is 1. The standard InChI is InChI=1S/C22H30N4O2/c1-18(2)26(17-19-6-4-3-5-7-19)21-16-20(8-9-23-21)22(27)24-10-11-25-12-14-28-15-13-25/h3-9,16,18H,10-15,17H2,1-2H3,(H,24,27). The van der Waals surface area contributed by atoms with Crippen LogP contribution in [0.5, 0.6) is 0 Å². The summed E-state index contributed by atoms with van der Waals surface area (Å²) in [4.78, 5) is 21.6. The minimum atomic E-state index is -0.0553. The van der Waals surface area contributed by atoms with Gasteiger partial charge in [-0.05, 0) is 31.5 Å². The van der Waals surface area contributed by atoms with E-state index in [-0.39, 0.29) is 11.9 Å². The van der Waals surface area contributed by atoms with Crippen molar-refractivity contribution in [2.45, 2.75) is 26.4 Å². The van der Waals surface area contributed by atoms with Gasteiger partial charge >= 0.3 is 0 Å². The predicted molar refractivity (Wildman–Crippen MR) is 112 cm³/mol. The molecule has 1 saturated heterocycles. The molecule has 0 radical (unpaired) electrons. The number of benzene rings is 1. The lowest BCUT2D eigenvalue weighted by atomic mass is 10.1. The first kappa shape index (κ1) is 20.3. The quantitative estimate of drug-likeness (QED) is 0.760. The molecule has 1 fully saturated rings. The number of aromatic nitrogens is 1. The topological polar surface area (TPSA) is 57.7 Å². The highest BCUT2D eigenvalue weighted by atomic mass is 16.5. The third-order valence-corrected chi connectivity index (χ3v) is 4.94. The van der Waals surface area contributed by atoms with Gasteiger partial charge < -0.3 is 15.0 Å². The highest BCUT2D eigenvalue weighted by molar-refractivity contribution is 5.94. The van der Waals surface area contributed by atoms with Crippen molar-refractivity contribution in [3.8, 4) is 0 Å². The highest BCUT2D eigenvalue weighted by Crippen LogP contribution is 2.19. The minimum absolute atomic E-state index is 0.0553. The zero-order valence-corrected chi connectivity index (χ0v) is 16.8. The fraction of sp³-hybridized carbons (Fsp3) is 0.455. The maximum atomic E-state index is 12.6. The molecule has 1 aromatic carbocycles. The van der Waals surface area contributed by atoms with Crippen LogP contribution in [-0.4, -0.2) is 61.2 Å². The fourth-order valence-corrected chi connectivity index (χ4v) is 3.28. The second kappa shape index (κ2) is 10.2. The highest BCUT2D eigenvalue weighted by Gasteiger charge is 2.16. The van der Waals surface area contributed by atoms with E-state index in [1.165, 1.54) is 5.56 Å². The SMILES string of the molecule is CC(C)N(Cc1ccccc1)c1cc(C(=O)NCCN2CCOCC2)ccn1. The molecule has 1 aliphatic rings. The Morgan fingerprint density at radius 3 is 2.68 bits per heavy atom. The number of rotatable bonds is 8. The van der Waals surface area contributed by atoms with Crippen molar-refractivity contribution in [1.29, 1.82) is 0 Å². The van der Waals surface area contributed by atoms with Gasteiger partial charge in [-0.1, -0.05) is 30.3 Å². The van der Waals surface area contributed by atoms with Gasteiger partial charge in [0.25, 0.3) is 5.91 Å². The number of pyridine rings is 1. The van der Waals surface area contributed by atoms with Crippen LogP contribution >= 0.6 is 0 Å². The number of ether oxygens (including phenoxy) is 1. The van der Waals surface area contributed by atoms with Gasteiger partial charge in [0.05, 0.1) is 13.2 Å². The van der Waals surface area contributed by atoms with Crippen molar-refractivity contribution >= 4 is 11.7 Å². The van der Waals surface area contributed by atoms with Gasteiger partial charge in [0, 0.05) is 50.5 Å². The van der Waals surface area contributed by atoms with Crippen molar-refractivity contribution in [2.75, 3.05) is 44.3 Å². The van der Waals surface area contributed by atoms with Gasteiger partial charge in [-0.3, -0.25) is 9.69 Å². The predicted octanol–water partition coefficient (Wildman–Crippen LogP) is 2.56. The van der Waals surface area contributed by atoms with Crippen LogP contribution in [0.3, 0.4) is 0 Å². The summed E-state index contributed by atoms with van der Waals surface area (Å²) in [5.74, 6) is 0.764. The van der Waals surface area contributed by atoms with Crippen LogP contribution in [-0.2, 0) is 11.3 Å². The third kappa shape index (κ3) is 5.78. The number of amides is 1. The molecule has 0 unspecified atom stereocenters. The van der Waals surface area contributed by atoms with Crippen molar-refractivity contribution in [3.05, 3.63) is 59.8 Å². The van der Waals surface area contributed by atoms with Gasteiger partial charge in [-0.25, -0.2) is 4.98 Å². The van der Waals surface area contributed by atoms with Gasteiger partial charge in [0.2, 0.25) is 0 Å². The van der Waals surface area contributed by atoms with E-state index in [0.29, 0.717) is 12.1 Å². The molecule has 3 rings (SSSR count). The summed E-state index contributed by atoms with van der Waals surface area (Å²) in [5.41, 5.74) is 1.86. The molecule has 6 heteroatoms. The molecule has 1 amide bonds. The Labute approximate surface area is 167 Å². The lowest BCUT2D eigenvalue weighted by Crippen LogP contribution is -2.41. The summed E-state index contributed by atoms with van der Waals surface area (Å²) in [7, 11) is 0. The average molecular weight is 383 g/mol. The van der Waals surface area contributed by atoms with Crippen LogP contribution in [0.15, 0.2) is 48.7 Å². The molecule has 0 saturated carbocycles. The Hall–Kier alpha value is -2.44. The van der Waals surface area contributed by atoms with Crippen LogP contribution in [0.1, 0.15) is 29.8 Å². The monoisotopic (exact) mass is 382 g/mol. The molecule has 1 N–H and O–H groups in total. The van der Waals surface area contributed by atoms with Gasteiger partial charge in [0.15, 0.2) is 0 Å². The molecular formula is C22H30N4O2. The van der Waals surface area contributed by atoms with E-state index < -0.39 is 0 Å². The fourth-order valence-electron chi connectivity index (χ4n) is 3.28. The number of hydrogen-bond donors (Lipinski definition) is 1. The molecular weight excluding hydrogens is 352 g/mol. The smallest absolute Gasteiger partial charge is 0.251 e. The zero-order valence-electron chi connectivity index (χ0n) is 16.8. The molecule has 28 heavy (non-hydrogen) atoms. The van der Waals surface area contributed by atoms with E-state index in [1.807, 2.05) is 24.3 Å². The van der Waals surface area contributed by atoms with E-state index in [4.69, 9.17) is 4.74 Å². The Bertz CT molecular complexity index is 745. The summed E-state index contributed by atoms with van der Waals surface area (Å²) in [6.07, 6.45) is 1.71. The first-order valence-electron chi connectivity index (χ1n) is 9.98. The Morgan fingerprint density at radius 1 is 1.21 bits per heavy atom. The van der Waals surface area contributed by atoms with Crippen LogP contribution < -0.4 is 10.2 Å². The molecule has 1 aliphatic heterocycles. The van der Waals surface area contributed by atoms with Crippen molar-refractivity contribution in [3.63, 3.8) is 0 Å². The normalized spacial score (nSPS) is 14.8. The van der Waals surface area contributed by atoms with Gasteiger partial charge in [-0.15, -0.1) is 0 Å². The van der Waals surface area contributed by atoms with Gasteiger partial charge in [-0.2, -0.15) is 0 Å². The van der Waals surface area contributed by atoms with Crippen molar-refractivity contribution < 1.29 is 9.53 Å². The number of morpholine rings is 1. The second-order valence-corrected chi connectivity index (χ2v) is 7.32. The largest absolute Gasteiger partial charge is 0.379 e. The third-order valence-electron chi connectivity index (χ3n) is 4.94. The van der Waals surface area contributed by atoms with Crippen molar-refractivity contribution in [2.24, 2.45) is 0 Å². The molecule has 0 aliphatic carbocycles. The van der Waals surface area contributed by atoms with Gasteiger partial charge in [0.1, 0.15) is 5.82 Å². The number of carbonyl (C=O) groups excluding carboxylic acids is 1. The van der Waals surface area contributed by atoms with E-state index in [2.05, 4.69) is 46.1 Å². The Morgan fingerprint density at radius 2 is 1.96 bits per heavy atom. The number of hydrogen-bond acceptors (Lipinski definition) is 5. The number of nitrogens with one attached hydrogen (secondary N) is 1. The number of nitrogens with zero attached hydrogens (tertiary/aromatic N) is 3. The molecule has 6 nitrogen and oxygen atoms in total. The van der Waals surface area contributed by atoms with E-state index >= 15 is 0 Å². The summed E-state index contributed by atoms with van der Waals surface area (Å²) in [6, 6.07) is 14.2. The molecule has 0 atom stereocenters. The maximum absolute atomic E-state index is 12.6. The molecule has 150 valence electrons. The van der Waals surface area contributed by atoms with Crippen LogP contribution in [0, 0.1) is 0 Å². The molecule has 0 spiro atoms. The summed E-state index contributed by atoms with van der Waals surface area (Å²) < 4.78 is 5.35. The first-order chi connectivity index (χ1) is 13.6. The molecule has 1 aromatic heterocycles. The lowest BCUT2D eigenvalue weighted by Gasteiger charge is -2.28. The average Bonchev–Trinajstić information content (AvgIpc) is 2.73. The zero-order chi connectivity index (χ0) is 19.8. The minimum Gasteiger partial charge on any atom is -0.379 e. The summed E-state index contributed by atoms with van der Waals surface area (Å²) in [5, 5.41) is 3.02. The molecule has 0 bridgehead atoms. The van der Waals surface area contributed by atoms with Crippen LogP contribution in [0.4, 0.5) is 5.82 Å². The second-order valence-electron chi connectivity index (χ2n) is 7.32. The Balaban J connectivity index is 1.61. The molecule has 2 aromatic rings. The maximum Gasteiger partial charge on any atom is 0.251 e. The van der Waals surface area contributed by atoms with Crippen LogP contribution in [0.25, 0.3) is 0 Å².